The summed E-state index contributed by atoms with van der Waals surface area (Å²) in [5, 5.41) is 0. The second kappa shape index (κ2) is 6.15. The lowest BCUT2D eigenvalue weighted by Gasteiger charge is -2.29. The molecule has 0 aliphatic rings. The molecule has 0 aromatic heterocycles. The van der Waals surface area contributed by atoms with Gasteiger partial charge in [0.15, 0.2) is 0 Å². The maximum absolute atomic E-state index is 5.68. The molecular formula is C14H24N2O. The molecule has 1 aromatic rings. The number of hydrogen-bond acceptors (Lipinski definition) is 3. The Balaban J connectivity index is 3.03. The van der Waals surface area contributed by atoms with Crippen molar-refractivity contribution in [3.63, 3.8) is 0 Å². The lowest BCUT2D eigenvalue weighted by atomic mass is 9.92. The molecule has 3 heteroatoms. The van der Waals surface area contributed by atoms with Gasteiger partial charge in [-0.1, -0.05) is 32.0 Å². The van der Waals surface area contributed by atoms with Gasteiger partial charge in [0.25, 0.3) is 0 Å². The second-order valence-electron chi connectivity index (χ2n) is 4.93. The summed E-state index contributed by atoms with van der Waals surface area (Å²) >= 11 is 0. The summed E-state index contributed by atoms with van der Waals surface area (Å²) in [6.07, 6.45) is 0.0714. The van der Waals surface area contributed by atoms with Crippen LogP contribution in [0.25, 0.3) is 0 Å². The van der Waals surface area contributed by atoms with Gasteiger partial charge in [-0.15, -0.1) is 0 Å². The third kappa shape index (κ3) is 3.28. The number of methoxy groups -OCH3 is 1. The molecule has 2 atom stereocenters. The fourth-order valence-electron chi connectivity index (χ4n) is 2.13. The summed E-state index contributed by atoms with van der Waals surface area (Å²) in [7, 11) is 1.73. The van der Waals surface area contributed by atoms with Crippen molar-refractivity contribution in [1.29, 1.82) is 0 Å². The molecule has 0 heterocycles. The van der Waals surface area contributed by atoms with Gasteiger partial charge >= 0.3 is 0 Å². The van der Waals surface area contributed by atoms with Gasteiger partial charge in [0.2, 0.25) is 0 Å². The van der Waals surface area contributed by atoms with Gasteiger partial charge in [0.1, 0.15) is 0 Å². The van der Waals surface area contributed by atoms with E-state index < -0.39 is 0 Å². The van der Waals surface area contributed by atoms with E-state index in [0.29, 0.717) is 5.92 Å². The minimum atomic E-state index is 0.0271. The molecule has 0 bridgehead atoms. The molecule has 17 heavy (non-hydrogen) atoms. The third-order valence-electron chi connectivity index (χ3n) is 3.33. The Morgan fingerprint density at radius 2 is 1.82 bits per heavy atom. The molecule has 0 spiro atoms. The van der Waals surface area contributed by atoms with Gasteiger partial charge in [-0.2, -0.15) is 0 Å². The Labute approximate surface area is 104 Å². The molecule has 0 saturated heterocycles. The van der Waals surface area contributed by atoms with Crippen LogP contribution in [0, 0.1) is 19.8 Å². The zero-order valence-corrected chi connectivity index (χ0v) is 11.4. The Morgan fingerprint density at radius 3 is 2.24 bits per heavy atom. The molecule has 3 nitrogen and oxygen atoms in total. The van der Waals surface area contributed by atoms with E-state index in [1.54, 1.807) is 7.11 Å². The first kappa shape index (κ1) is 14.2. The van der Waals surface area contributed by atoms with Crippen LogP contribution in [-0.4, -0.2) is 13.2 Å². The molecule has 0 amide bonds. The van der Waals surface area contributed by atoms with Crippen molar-refractivity contribution in [3.05, 3.63) is 34.9 Å². The van der Waals surface area contributed by atoms with Crippen LogP contribution >= 0.6 is 0 Å². The van der Waals surface area contributed by atoms with E-state index in [0.717, 1.165) is 0 Å². The highest BCUT2D eigenvalue weighted by molar-refractivity contribution is 5.32. The molecule has 1 rings (SSSR count). The maximum atomic E-state index is 5.68. The van der Waals surface area contributed by atoms with Gasteiger partial charge in [0.05, 0.1) is 12.1 Å². The molecule has 0 fully saturated rings. The van der Waals surface area contributed by atoms with Gasteiger partial charge in [-0.3, -0.25) is 11.3 Å². The van der Waals surface area contributed by atoms with E-state index in [1.807, 2.05) is 0 Å². The zero-order chi connectivity index (χ0) is 13.0. The smallest absolute Gasteiger partial charge is 0.0801 e. The minimum Gasteiger partial charge on any atom is -0.379 e. The van der Waals surface area contributed by atoms with E-state index in [-0.39, 0.29) is 12.1 Å². The molecule has 1 aromatic carbocycles. The Bertz CT molecular complexity index is 363. The normalized spacial score (nSPS) is 15.0. The summed E-state index contributed by atoms with van der Waals surface area (Å²) in [6.45, 7) is 8.50. The quantitative estimate of drug-likeness (QED) is 0.610. The average molecular weight is 236 g/mol. The van der Waals surface area contributed by atoms with Crippen molar-refractivity contribution in [2.24, 2.45) is 11.8 Å². The fraction of sp³-hybridized carbons (Fsp3) is 0.571. The van der Waals surface area contributed by atoms with E-state index in [1.165, 1.54) is 16.7 Å². The van der Waals surface area contributed by atoms with Gasteiger partial charge < -0.3 is 4.74 Å². The number of hydrazine groups is 1. The number of aryl methyl sites for hydroxylation is 2. The van der Waals surface area contributed by atoms with Crippen LogP contribution in [0.2, 0.25) is 0 Å². The predicted octanol–water partition coefficient (Wildman–Crippen LogP) is 2.48. The van der Waals surface area contributed by atoms with Gasteiger partial charge in [-0.25, -0.2) is 0 Å². The molecule has 0 aliphatic heterocycles. The van der Waals surface area contributed by atoms with Crippen LogP contribution in [0.15, 0.2) is 18.2 Å². The van der Waals surface area contributed by atoms with Crippen LogP contribution in [0.4, 0.5) is 0 Å². The van der Waals surface area contributed by atoms with Crippen molar-refractivity contribution >= 4 is 0 Å². The number of ether oxygens (including phenoxy) is 1. The number of benzene rings is 1. The van der Waals surface area contributed by atoms with E-state index >= 15 is 0 Å². The topological polar surface area (TPSA) is 47.3 Å². The molecule has 2 unspecified atom stereocenters. The molecular weight excluding hydrogens is 212 g/mol. The number of hydrogen-bond donors (Lipinski definition) is 2. The molecule has 96 valence electrons. The molecule has 3 N–H and O–H groups in total. The molecule has 0 aliphatic carbocycles. The lowest BCUT2D eigenvalue weighted by molar-refractivity contribution is 0.0326. The highest BCUT2D eigenvalue weighted by Crippen LogP contribution is 2.25. The Morgan fingerprint density at radius 1 is 1.18 bits per heavy atom. The fourth-order valence-corrected chi connectivity index (χ4v) is 2.13. The minimum absolute atomic E-state index is 0.0271. The highest BCUT2D eigenvalue weighted by Gasteiger charge is 2.25. The summed E-state index contributed by atoms with van der Waals surface area (Å²) in [6, 6.07) is 6.44. The predicted molar refractivity (Wildman–Crippen MR) is 71.6 cm³/mol. The summed E-state index contributed by atoms with van der Waals surface area (Å²) < 4.78 is 5.55. The van der Waals surface area contributed by atoms with Crippen LogP contribution in [0.5, 0.6) is 0 Å². The Hall–Kier alpha value is -0.900. The first-order valence-electron chi connectivity index (χ1n) is 6.07. The summed E-state index contributed by atoms with van der Waals surface area (Å²) in [5.41, 5.74) is 6.62. The SMILES string of the molecule is COC(C(C)C)C(NN)c1ccc(C)c(C)c1. The first-order chi connectivity index (χ1) is 8.01. The second-order valence-corrected chi connectivity index (χ2v) is 4.93. The summed E-state index contributed by atoms with van der Waals surface area (Å²) in [5.74, 6) is 6.08. The van der Waals surface area contributed by atoms with E-state index in [2.05, 4.69) is 51.3 Å². The van der Waals surface area contributed by atoms with Gasteiger partial charge in [-0.05, 0) is 36.5 Å². The van der Waals surface area contributed by atoms with Gasteiger partial charge in [0, 0.05) is 7.11 Å². The average Bonchev–Trinajstić information content (AvgIpc) is 2.29. The van der Waals surface area contributed by atoms with Crippen molar-refractivity contribution < 1.29 is 4.74 Å². The standard InChI is InChI=1S/C14H24N2O/c1-9(2)14(17-5)13(16-15)12-7-6-10(3)11(4)8-12/h6-9,13-14,16H,15H2,1-5H3. The molecule has 0 saturated carbocycles. The van der Waals surface area contributed by atoms with E-state index in [4.69, 9.17) is 10.6 Å². The van der Waals surface area contributed by atoms with E-state index in [9.17, 15) is 0 Å². The first-order valence-corrected chi connectivity index (χ1v) is 6.07. The number of nitrogens with two attached hydrogens (primary N) is 1. The van der Waals surface area contributed by atoms with Crippen molar-refractivity contribution in [2.75, 3.05) is 7.11 Å². The molecule has 0 radical (unpaired) electrons. The van der Waals surface area contributed by atoms with Crippen molar-refractivity contribution in [1.82, 2.24) is 5.43 Å². The third-order valence-corrected chi connectivity index (χ3v) is 3.33. The largest absolute Gasteiger partial charge is 0.379 e. The van der Waals surface area contributed by atoms with Crippen LogP contribution < -0.4 is 11.3 Å². The maximum Gasteiger partial charge on any atom is 0.0801 e. The zero-order valence-electron chi connectivity index (χ0n) is 11.4. The summed E-state index contributed by atoms with van der Waals surface area (Å²) in [4.78, 5) is 0. The lowest BCUT2D eigenvalue weighted by Crippen LogP contribution is -2.40. The number of rotatable bonds is 5. The highest BCUT2D eigenvalue weighted by atomic mass is 16.5. The van der Waals surface area contributed by atoms with Crippen LogP contribution in [0.1, 0.15) is 36.6 Å². The van der Waals surface area contributed by atoms with Crippen LogP contribution in [0.3, 0.4) is 0 Å². The Kier molecular flexibility index (Phi) is 5.12. The van der Waals surface area contributed by atoms with Crippen LogP contribution in [-0.2, 0) is 4.74 Å². The van der Waals surface area contributed by atoms with Crippen molar-refractivity contribution in [3.8, 4) is 0 Å². The number of nitrogens with one attached hydrogen (secondary N) is 1. The monoisotopic (exact) mass is 236 g/mol. The van der Waals surface area contributed by atoms with Crippen molar-refractivity contribution in [2.45, 2.75) is 39.8 Å².